The van der Waals surface area contributed by atoms with Crippen LogP contribution < -0.4 is 10.1 Å². The van der Waals surface area contributed by atoms with Crippen molar-refractivity contribution in [3.63, 3.8) is 0 Å². The molecule has 1 aliphatic heterocycles. The molecule has 3 aromatic carbocycles. The summed E-state index contributed by atoms with van der Waals surface area (Å²) in [6.45, 7) is 2.49. The van der Waals surface area contributed by atoms with Gasteiger partial charge in [-0.2, -0.15) is 4.31 Å². The third-order valence-electron chi connectivity index (χ3n) is 5.76. The van der Waals surface area contributed by atoms with Crippen LogP contribution in [0.2, 0.25) is 0 Å². The van der Waals surface area contributed by atoms with Crippen molar-refractivity contribution in [2.45, 2.75) is 37.4 Å². The Morgan fingerprint density at radius 1 is 1.00 bits per heavy atom. The summed E-state index contributed by atoms with van der Waals surface area (Å²) in [6.07, 6.45) is 0.325. The highest BCUT2D eigenvalue weighted by molar-refractivity contribution is 7.89. The number of aryl methyl sites for hydroxylation is 1. The zero-order chi connectivity index (χ0) is 22.7. The van der Waals surface area contributed by atoms with Gasteiger partial charge < -0.3 is 10.1 Å². The van der Waals surface area contributed by atoms with Crippen LogP contribution in [0.5, 0.6) is 5.75 Å². The Balaban J connectivity index is 1.62. The monoisotopic (exact) mass is 450 g/mol. The van der Waals surface area contributed by atoms with Crippen molar-refractivity contribution < 1.29 is 17.9 Å². The number of carbonyl (C=O) groups excluding carboxylic acids is 1. The fourth-order valence-electron chi connectivity index (χ4n) is 3.87. The summed E-state index contributed by atoms with van der Waals surface area (Å²) in [4.78, 5) is 13.3. The molecule has 1 heterocycles. The second-order valence-electron chi connectivity index (χ2n) is 7.92. The van der Waals surface area contributed by atoms with Crippen LogP contribution in [-0.2, 0) is 34.3 Å². The van der Waals surface area contributed by atoms with Crippen LogP contribution in [-0.4, -0.2) is 31.8 Å². The van der Waals surface area contributed by atoms with E-state index < -0.39 is 16.1 Å². The molecule has 1 atom stereocenters. The maximum Gasteiger partial charge on any atom is 0.244 e. The topological polar surface area (TPSA) is 75.7 Å². The van der Waals surface area contributed by atoms with Gasteiger partial charge in [-0.15, -0.1) is 0 Å². The van der Waals surface area contributed by atoms with E-state index in [1.54, 1.807) is 12.1 Å². The van der Waals surface area contributed by atoms with Crippen molar-refractivity contribution in [3.8, 4) is 5.75 Å². The van der Waals surface area contributed by atoms with Crippen molar-refractivity contribution in [2.24, 2.45) is 0 Å². The quantitative estimate of drug-likeness (QED) is 0.624. The first-order valence-electron chi connectivity index (χ1n) is 10.4. The highest BCUT2D eigenvalue weighted by Gasteiger charge is 2.39. The van der Waals surface area contributed by atoms with Gasteiger partial charge >= 0.3 is 0 Å². The molecular weight excluding hydrogens is 424 g/mol. The van der Waals surface area contributed by atoms with Crippen LogP contribution in [0.25, 0.3) is 0 Å². The average molecular weight is 451 g/mol. The van der Waals surface area contributed by atoms with Crippen LogP contribution in [0.15, 0.2) is 77.7 Å². The van der Waals surface area contributed by atoms with Gasteiger partial charge in [-0.3, -0.25) is 4.79 Å². The lowest BCUT2D eigenvalue weighted by Gasteiger charge is -2.35. The Morgan fingerprint density at radius 2 is 1.66 bits per heavy atom. The first-order chi connectivity index (χ1) is 15.4. The first kappa shape index (κ1) is 22.0. The Bertz CT molecular complexity index is 1210. The van der Waals surface area contributed by atoms with Gasteiger partial charge in [0.1, 0.15) is 11.8 Å². The highest BCUT2D eigenvalue weighted by Crippen LogP contribution is 2.30. The number of fused-ring (bicyclic) bond motifs is 1. The number of hydrogen-bond donors (Lipinski definition) is 1. The second kappa shape index (κ2) is 9.14. The molecule has 0 spiro atoms. The molecule has 1 unspecified atom stereocenters. The van der Waals surface area contributed by atoms with Crippen LogP contribution in [0.3, 0.4) is 0 Å². The largest absolute Gasteiger partial charge is 0.497 e. The van der Waals surface area contributed by atoms with E-state index in [2.05, 4.69) is 5.32 Å². The molecule has 3 aromatic rings. The van der Waals surface area contributed by atoms with Crippen molar-refractivity contribution in [1.82, 2.24) is 9.62 Å². The fourth-order valence-corrected chi connectivity index (χ4v) is 5.44. The van der Waals surface area contributed by atoms with E-state index in [1.807, 2.05) is 55.5 Å². The maximum absolute atomic E-state index is 13.5. The van der Waals surface area contributed by atoms with E-state index in [0.29, 0.717) is 18.7 Å². The molecular formula is C25H26N2O4S. The van der Waals surface area contributed by atoms with Crippen LogP contribution in [0.1, 0.15) is 22.3 Å². The summed E-state index contributed by atoms with van der Waals surface area (Å²) in [5, 5.41) is 2.93. The molecule has 0 bridgehead atoms. The van der Waals surface area contributed by atoms with Gasteiger partial charge in [0.2, 0.25) is 15.9 Å². The number of benzene rings is 3. The summed E-state index contributed by atoms with van der Waals surface area (Å²) in [5.41, 5.74) is 4.00. The van der Waals surface area contributed by atoms with Crippen LogP contribution >= 0.6 is 0 Å². The summed E-state index contributed by atoms with van der Waals surface area (Å²) in [5.74, 6) is 0.262. The third-order valence-corrected chi connectivity index (χ3v) is 7.63. The van der Waals surface area contributed by atoms with Crippen LogP contribution in [0.4, 0.5) is 0 Å². The van der Waals surface area contributed by atoms with Gasteiger partial charge in [-0.1, -0.05) is 54.1 Å². The van der Waals surface area contributed by atoms with Gasteiger partial charge in [-0.05, 0) is 54.3 Å². The molecule has 7 heteroatoms. The smallest absolute Gasteiger partial charge is 0.244 e. The van der Waals surface area contributed by atoms with Crippen molar-refractivity contribution in [3.05, 3.63) is 95.1 Å². The number of amides is 1. The molecule has 0 saturated heterocycles. The molecule has 1 N–H and O–H groups in total. The van der Waals surface area contributed by atoms with Crippen molar-refractivity contribution in [1.29, 1.82) is 0 Å². The molecule has 1 amide bonds. The van der Waals surface area contributed by atoms with E-state index in [1.165, 1.54) is 23.5 Å². The van der Waals surface area contributed by atoms with Gasteiger partial charge in [0.15, 0.2) is 0 Å². The van der Waals surface area contributed by atoms with Crippen molar-refractivity contribution >= 4 is 15.9 Å². The first-order valence-corrected chi connectivity index (χ1v) is 11.9. The average Bonchev–Trinajstić information content (AvgIpc) is 2.82. The minimum Gasteiger partial charge on any atom is -0.497 e. The number of ether oxygens (including phenoxy) is 1. The number of methoxy groups -OCH3 is 1. The number of carbonyl (C=O) groups is 1. The number of rotatable bonds is 6. The molecule has 0 aliphatic carbocycles. The number of sulfonamides is 1. The molecule has 4 rings (SSSR count). The molecule has 0 saturated carbocycles. The predicted molar refractivity (Wildman–Crippen MR) is 123 cm³/mol. The molecule has 6 nitrogen and oxygen atoms in total. The third kappa shape index (κ3) is 4.54. The van der Waals surface area contributed by atoms with Gasteiger partial charge in [0, 0.05) is 13.1 Å². The van der Waals surface area contributed by atoms with Crippen LogP contribution in [0, 0.1) is 6.92 Å². The van der Waals surface area contributed by atoms with Gasteiger partial charge in [0.25, 0.3) is 0 Å². The lowest BCUT2D eigenvalue weighted by atomic mass is 9.95. The minimum atomic E-state index is -3.90. The molecule has 166 valence electrons. The highest BCUT2D eigenvalue weighted by atomic mass is 32.2. The molecule has 1 aliphatic rings. The molecule has 0 radical (unpaired) electrons. The fraction of sp³-hybridized carbons (Fsp3) is 0.240. The van der Waals surface area contributed by atoms with E-state index in [4.69, 9.17) is 4.74 Å². The van der Waals surface area contributed by atoms with E-state index >= 15 is 0 Å². The summed E-state index contributed by atoms with van der Waals surface area (Å²) in [6, 6.07) is 20.9. The Kier molecular flexibility index (Phi) is 6.30. The normalized spacial score (nSPS) is 16.2. The molecule has 0 fully saturated rings. The number of nitrogens with one attached hydrogen (secondary N) is 1. The lowest BCUT2D eigenvalue weighted by Crippen LogP contribution is -2.52. The van der Waals surface area contributed by atoms with E-state index in [-0.39, 0.29) is 17.3 Å². The number of nitrogens with zero attached hydrogens (tertiary/aromatic N) is 1. The molecule has 32 heavy (non-hydrogen) atoms. The summed E-state index contributed by atoms with van der Waals surface area (Å²) in [7, 11) is -2.37. The summed E-state index contributed by atoms with van der Waals surface area (Å²) < 4.78 is 33.5. The van der Waals surface area contributed by atoms with E-state index in [0.717, 1.165) is 22.3 Å². The predicted octanol–water partition coefficient (Wildman–Crippen LogP) is 3.44. The van der Waals surface area contributed by atoms with Gasteiger partial charge in [-0.25, -0.2) is 8.42 Å². The Labute approximate surface area is 188 Å². The lowest BCUT2D eigenvalue weighted by molar-refractivity contribution is -0.125. The number of hydrogen-bond acceptors (Lipinski definition) is 4. The zero-order valence-electron chi connectivity index (χ0n) is 18.1. The SMILES string of the molecule is COc1ccc(S(=O)(=O)N2Cc3ccccc3CC2C(=O)NCc2ccc(C)cc2)cc1. The van der Waals surface area contributed by atoms with Gasteiger partial charge in [0.05, 0.1) is 12.0 Å². The Hall–Kier alpha value is -3.16. The Morgan fingerprint density at radius 3 is 2.31 bits per heavy atom. The maximum atomic E-state index is 13.5. The van der Waals surface area contributed by atoms with Crippen molar-refractivity contribution in [2.75, 3.05) is 7.11 Å². The minimum absolute atomic E-state index is 0.133. The molecule has 0 aromatic heterocycles. The zero-order valence-corrected chi connectivity index (χ0v) is 18.9. The second-order valence-corrected chi connectivity index (χ2v) is 9.81. The van der Waals surface area contributed by atoms with E-state index in [9.17, 15) is 13.2 Å². The summed E-state index contributed by atoms with van der Waals surface area (Å²) >= 11 is 0. The standard InChI is InChI=1S/C25H26N2O4S/c1-18-7-9-19(10-8-18)16-26-25(28)24-15-20-5-3-4-6-21(20)17-27(24)32(29,30)23-13-11-22(31-2)12-14-23/h3-14,24H,15-17H2,1-2H3,(H,26,28).